The first-order chi connectivity index (χ1) is 14.4. The smallest absolute Gasteiger partial charge is 0.269 e. The van der Waals surface area contributed by atoms with Crippen molar-refractivity contribution in [3.63, 3.8) is 0 Å². The molecule has 1 heterocycles. The first-order valence-electron chi connectivity index (χ1n) is 9.50. The second-order valence-electron chi connectivity index (χ2n) is 6.95. The van der Waals surface area contributed by atoms with Gasteiger partial charge in [-0.25, -0.2) is 0 Å². The molecular weight excluding hydrogens is 404 g/mol. The van der Waals surface area contributed by atoms with Crippen LogP contribution >= 0.6 is 11.8 Å². The minimum absolute atomic E-state index is 0.0842. The van der Waals surface area contributed by atoms with E-state index in [2.05, 4.69) is 28.6 Å². The number of hydrogen-bond donors (Lipinski definition) is 0. The molecule has 3 aromatic rings. The van der Waals surface area contributed by atoms with Gasteiger partial charge in [0.05, 0.1) is 12.0 Å². The van der Waals surface area contributed by atoms with Gasteiger partial charge in [0.2, 0.25) is 0 Å². The Labute approximate surface area is 179 Å². The number of nitrogens with zero attached hydrogens (tertiary/aromatic N) is 4. The van der Waals surface area contributed by atoms with Crippen molar-refractivity contribution in [2.45, 2.75) is 43.8 Å². The van der Waals surface area contributed by atoms with Crippen molar-refractivity contribution in [2.75, 3.05) is 7.11 Å². The number of nitro groups is 1. The highest BCUT2D eigenvalue weighted by Crippen LogP contribution is 2.30. The molecule has 158 valence electrons. The summed E-state index contributed by atoms with van der Waals surface area (Å²) >= 11 is 1.54. The van der Waals surface area contributed by atoms with Gasteiger partial charge in [0.15, 0.2) is 17.1 Å². The fourth-order valence-corrected chi connectivity index (χ4v) is 3.95. The van der Waals surface area contributed by atoms with Crippen LogP contribution in [-0.2, 0) is 5.75 Å². The van der Waals surface area contributed by atoms with E-state index in [0.717, 1.165) is 28.0 Å². The molecule has 0 spiro atoms. The maximum atomic E-state index is 10.8. The van der Waals surface area contributed by atoms with E-state index in [9.17, 15) is 10.1 Å². The lowest BCUT2D eigenvalue weighted by molar-refractivity contribution is -0.384. The molecule has 0 radical (unpaired) electrons. The van der Waals surface area contributed by atoms with Crippen molar-refractivity contribution >= 4 is 17.4 Å². The standard InChI is InChI=1S/C21H24N4O4S/c1-14(2)24-20(15(3)29-19-11-9-18(28-4)10-12-19)22-23-21(24)30-13-16-5-7-17(8-6-16)25(26)27/h5-12,14-15H,13H2,1-4H3. The summed E-state index contributed by atoms with van der Waals surface area (Å²) in [6, 6.07) is 14.1. The summed E-state index contributed by atoms with van der Waals surface area (Å²) < 4.78 is 13.3. The third-order valence-electron chi connectivity index (χ3n) is 4.46. The molecule has 30 heavy (non-hydrogen) atoms. The maximum absolute atomic E-state index is 10.8. The number of benzene rings is 2. The normalized spacial score (nSPS) is 12.0. The van der Waals surface area contributed by atoms with Gasteiger partial charge in [-0.1, -0.05) is 23.9 Å². The number of non-ortho nitro benzene ring substituents is 1. The van der Waals surface area contributed by atoms with Gasteiger partial charge >= 0.3 is 0 Å². The number of rotatable bonds is 9. The fraction of sp³-hybridized carbons (Fsp3) is 0.333. The van der Waals surface area contributed by atoms with Gasteiger partial charge in [-0.15, -0.1) is 10.2 Å². The van der Waals surface area contributed by atoms with E-state index in [-0.39, 0.29) is 17.8 Å². The Bertz CT molecular complexity index is 987. The van der Waals surface area contributed by atoms with Gasteiger partial charge in [0.25, 0.3) is 5.69 Å². The van der Waals surface area contributed by atoms with E-state index in [1.165, 1.54) is 23.9 Å². The molecule has 0 aliphatic rings. The summed E-state index contributed by atoms with van der Waals surface area (Å²) in [6.07, 6.45) is -0.290. The Hall–Kier alpha value is -3.07. The molecule has 0 N–H and O–H groups in total. The maximum Gasteiger partial charge on any atom is 0.269 e. The molecule has 2 aromatic carbocycles. The quantitative estimate of drug-likeness (QED) is 0.262. The van der Waals surface area contributed by atoms with Crippen molar-refractivity contribution in [3.05, 3.63) is 70.0 Å². The number of aromatic nitrogens is 3. The number of hydrogen-bond acceptors (Lipinski definition) is 7. The van der Waals surface area contributed by atoms with Crippen LogP contribution in [0.15, 0.2) is 53.7 Å². The highest BCUT2D eigenvalue weighted by Gasteiger charge is 2.21. The highest BCUT2D eigenvalue weighted by molar-refractivity contribution is 7.98. The largest absolute Gasteiger partial charge is 0.497 e. The number of thioether (sulfide) groups is 1. The molecule has 1 aromatic heterocycles. The molecule has 9 heteroatoms. The van der Waals surface area contributed by atoms with Crippen LogP contribution in [-0.4, -0.2) is 26.8 Å². The summed E-state index contributed by atoms with van der Waals surface area (Å²) in [5.41, 5.74) is 1.06. The summed E-state index contributed by atoms with van der Waals surface area (Å²) in [5.74, 6) is 2.87. The van der Waals surface area contributed by atoms with Gasteiger partial charge in [-0.05, 0) is 50.6 Å². The molecule has 3 rings (SSSR count). The molecule has 1 unspecified atom stereocenters. The molecule has 1 atom stereocenters. The second-order valence-corrected chi connectivity index (χ2v) is 7.89. The van der Waals surface area contributed by atoms with Gasteiger partial charge in [0.1, 0.15) is 11.5 Å². The molecule has 0 aliphatic carbocycles. The van der Waals surface area contributed by atoms with Crippen molar-refractivity contribution in [3.8, 4) is 11.5 Å². The van der Waals surface area contributed by atoms with Crippen LogP contribution in [0.4, 0.5) is 5.69 Å². The highest BCUT2D eigenvalue weighted by atomic mass is 32.2. The van der Waals surface area contributed by atoms with Crippen molar-refractivity contribution in [1.82, 2.24) is 14.8 Å². The summed E-state index contributed by atoms with van der Waals surface area (Å²) in [6.45, 7) is 6.09. The van der Waals surface area contributed by atoms with E-state index in [1.807, 2.05) is 31.2 Å². The van der Waals surface area contributed by atoms with Crippen molar-refractivity contribution in [2.24, 2.45) is 0 Å². The van der Waals surface area contributed by atoms with Crippen molar-refractivity contribution < 1.29 is 14.4 Å². The number of ether oxygens (including phenoxy) is 2. The van der Waals surface area contributed by atoms with E-state index in [0.29, 0.717) is 5.75 Å². The zero-order valence-corrected chi connectivity index (χ0v) is 18.1. The zero-order valence-electron chi connectivity index (χ0n) is 17.3. The van der Waals surface area contributed by atoms with Crippen LogP contribution in [0.25, 0.3) is 0 Å². The monoisotopic (exact) mass is 428 g/mol. The van der Waals surface area contributed by atoms with Crippen LogP contribution in [0.2, 0.25) is 0 Å². The lowest BCUT2D eigenvalue weighted by atomic mass is 10.2. The molecule has 0 amide bonds. The predicted octanol–water partition coefficient (Wildman–Crippen LogP) is 5.21. The lowest BCUT2D eigenvalue weighted by Gasteiger charge is -2.19. The first kappa shape index (κ1) is 21.6. The molecular formula is C21H24N4O4S. The molecule has 0 bridgehead atoms. The average Bonchev–Trinajstić information content (AvgIpc) is 3.17. The Balaban J connectivity index is 1.72. The second kappa shape index (κ2) is 9.62. The SMILES string of the molecule is COc1ccc(OC(C)c2nnc(SCc3ccc([N+](=O)[O-])cc3)n2C(C)C)cc1. The Morgan fingerprint density at radius 2 is 1.67 bits per heavy atom. The minimum Gasteiger partial charge on any atom is -0.497 e. The van der Waals surface area contributed by atoms with Crippen molar-refractivity contribution in [1.29, 1.82) is 0 Å². The van der Waals surface area contributed by atoms with Gasteiger partial charge < -0.3 is 14.0 Å². The third-order valence-corrected chi connectivity index (χ3v) is 5.47. The van der Waals surface area contributed by atoms with Gasteiger partial charge in [-0.2, -0.15) is 0 Å². The van der Waals surface area contributed by atoms with E-state index in [4.69, 9.17) is 9.47 Å². The minimum atomic E-state index is -0.400. The Morgan fingerprint density at radius 1 is 1.03 bits per heavy atom. The Morgan fingerprint density at radius 3 is 2.23 bits per heavy atom. The van der Waals surface area contributed by atoms with E-state index < -0.39 is 4.92 Å². The molecule has 8 nitrogen and oxygen atoms in total. The summed E-state index contributed by atoms with van der Waals surface area (Å²) in [5, 5.41) is 20.3. The van der Waals surface area contributed by atoms with Gasteiger partial charge in [0, 0.05) is 23.9 Å². The van der Waals surface area contributed by atoms with E-state index in [1.54, 1.807) is 19.2 Å². The van der Waals surface area contributed by atoms with Crippen LogP contribution in [0, 0.1) is 10.1 Å². The lowest BCUT2D eigenvalue weighted by Crippen LogP contribution is -2.14. The fourth-order valence-electron chi connectivity index (χ4n) is 2.92. The van der Waals surface area contributed by atoms with Gasteiger partial charge in [-0.3, -0.25) is 10.1 Å². The predicted molar refractivity (Wildman–Crippen MR) is 115 cm³/mol. The number of methoxy groups -OCH3 is 1. The van der Waals surface area contributed by atoms with Crippen LogP contribution in [0.1, 0.15) is 44.3 Å². The number of nitro benzene ring substituents is 1. The molecule has 0 saturated carbocycles. The summed E-state index contributed by atoms with van der Waals surface area (Å²) in [4.78, 5) is 10.4. The van der Waals surface area contributed by atoms with E-state index >= 15 is 0 Å². The topological polar surface area (TPSA) is 92.3 Å². The van der Waals surface area contributed by atoms with Crippen LogP contribution in [0.5, 0.6) is 11.5 Å². The average molecular weight is 429 g/mol. The zero-order chi connectivity index (χ0) is 21.7. The first-order valence-corrected chi connectivity index (χ1v) is 10.5. The molecule has 0 fully saturated rings. The molecule has 0 saturated heterocycles. The molecule has 0 aliphatic heterocycles. The van der Waals surface area contributed by atoms with Crippen LogP contribution < -0.4 is 9.47 Å². The third kappa shape index (κ3) is 5.10. The summed E-state index contributed by atoms with van der Waals surface area (Å²) in [7, 11) is 1.62. The van der Waals surface area contributed by atoms with Crippen LogP contribution in [0.3, 0.4) is 0 Å². The Kier molecular flexibility index (Phi) is 6.94.